The second kappa shape index (κ2) is 11.2. The van der Waals surface area contributed by atoms with Crippen LogP contribution in [0.5, 0.6) is 0 Å². The molecule has 0 radical (unpaired) electrons. The molecule has 1 heterocycles. The van der Waals surface area contributed by atoms with E-state index in [4.69, 9.17) is 13.9 Å². The first-order valence-electron chi connectivity index (χ1n) is 12.1. The normalized spacial score (nSPS) is 20.5. The van der Waals surface area contributed by atoms with Crippen LogP contribution in [0.25, 0.3) is 0 Å². The Labute approximate surface area is 216 Å². The van der Waals surface area contributed by atoms with Gasteiger partial charge in [-0.05, 0) is 0 Å². The third-order valence-electron chi connectivity index (χ3n) is 6.34. The van der Waals surface area contributed by atoms with Gasteiger partial charge >= 0.3 is 217 Å². The van der Waals surface area contributed by atoms with Gasteiger partial charge in [-0.2, -0.15) is 0 Å². The fraction of sp³-hybridized carbons (Fsp3) is 0.345. The summed E-state index contributed by atoms with van der Waals surface area (Å²) in [6.45, 7) is 8.74. The first-order chi connectivity index (χ1) is 16.8. The average Bonchev–Trinajstić information content (AvgIpc) is 3.21. The Morgan fingerprint density at radius 3 is 1.91 bits per heavy atom. The summed E-state index contributed by atoms with van der Waals surface area (Å²) in [5.74, 6) is -0.308. The van der Waals surface area contributed by atoms with Gasteiger partial charge in [0.25, 0.3) is 0 Å². The van der Waals surface area contributed by atoms with Gasteiger partial charge in [0, 0.05) is 0 Å². The molecule has 0 saturated carbocycles. The summed E-state index contributed by atoms with van der Waals surface area (Å²) in [6, 6.07) is 31.7. The van der Waals surface area contributed by atoms with Gasteiger partial charge in [0.2, 0.25) is 0 Å². The number of ether oxygens (including phenoxy) is 2. The van der Waals surface area contributed by atoms with Crippen LogP contribution < -0.4 is 14.8 Å². The van der Waals surface area contributed by atoms with Gasteiger partial charge in [-0.1, -0.05) is 0 Å². The first kappa shape index (κ1) is 25.9. The van der Waals surface area contributed by atoms with Crippen LogP contribution in [0.3, 0.4) is 0 Å². The zero-order valence-electron chi connectivity index (χ0n) is 20.8. The molecule has 3 atom stereocenters. The molecule has 0 spiro atoms. The van der Waals surface area contributed by atoms with Gasteiger partial charge in [-0.3, -0.25) is 0 Å². The van der Waals surface area contributed by atoms with Crippen molar-refractivity contribution in [3.63, 3.8) is 0 Å². The quantitative estimate of drug-likeness (QED) is 0.312. The van der Waals surface area contributed by atoms with E-state index in [-0.39, 0.29) is 36.9 Å². The molecule has 1 aliphatic heterocycles. The Morgan fingerprint density at radius 1 is 0.914 bits per heavy atom. The molecule has 0 aromatic heterocycles. The topological polar surface area (TPSA) is 44.8 Å². The molecule has 0 aliphatic carbocycles. The van der Waals surface area contributed by atoms with E-state index in [0.717, 1.165) is 6.42 Å². The molecule has 184 valence electrons. The molecule has 1 saturated heterocycles. The minimum atomic E-state index is -2.65. The predicted molar refractivity (Wildman–Crippen MR) is 144 cm³/mol. The third kappa shape index (κ3) is 5.96. The number of esters is 1. The molecule has 1 fully saturated rings. The summed E-state index contributed by atoms with van der Waals surface area (Å²) in [6.07, 6.45) is 0.155. The second-order valence-corrected chi connectivity index (χ2v) is 17.0. The molecule has 0 amide bonds. The van der Waals surface area contributed by atoms with E-state index >= 15 is 0 Å². The summed E-state index contributed by atoms with van der Waals surface area (Å²) < 4.78 is 20.3. The summed E-state index contributed by atoms with van der Waals surface area (Å²) in [7, 11) is -2.65. The van der Waals surface area contributed by atoms with E-state index in [0.29, 0.717) is 6.61 Å². The van der Waals surface area contributed by atoms with Gasteiger partial charge in [0.05, 0.1) is 0 Å². The van der Waals surface area contributed by atoms with Gasteiger partial charge in [0.1, 0.15) is 0 Å². The Kier molecular flexibility index (Phi) is 8.30. The van der Waals surface area contributed by atoms with Crippen molar-refractivity contribution in [2.45, 2.75) is 56.4 Å². The third-order valence-corrected chi connectivity index (χ3v) is 14.0. The van der Waals surface area contributed by atoms with Crippen molar-refractivity contribution in [3.05, 3.63) is 91.0 Å². The molecule has 1 aliphatic rings. The zero-order chi connectivity index (χ0) is 24.9. The van der Waals surface area contributed by atoms with Crippen LogP contribution in [0, 0.1) is 0 Å². The molecular weight excluding hydrogens is 519 g/mol. The molecule has 1 unspecified atom stereocenters. The van der Waals surface area contributed by atoms with Crippen molar-refractivity contribution in [1.82, 2.24) is 0 Å². The van der Waals surface area contributed by atoms with Crippen molar-refractivity contribution in [2.24, 2.45) is 0 Å². The SMILES string of the molecule is CC(=O)OC1O[C@H](CO[Si](c2ccccc2)(c2ccccc2)C(C)(C)C)C[C@H]1[Se]c1ccccc1. The van der Waals surface area contributed by atoms with Gasteiger partial charge < -0.3 is 0 Å². The predicted octanol–water partition coefficient (Wildman–Crippen LogP) is 4.06. The van der Waals surface area contributed by atoms with E-state index in [1.807, 2.05) is 6.07 Å². The van der Waals surface area contributed by atoms with E-state index in [1.165, 1.54) is 21.8 Å². The minimum absolute atomic E-state index is 0.100. The fourth-order valence-corrected chi connectivity index (χ4v) is 12.0. The number of carbonyl (C=O) groups excluding carboxylic acids is 1. The van der Waals surface area contributed by atoms with Crippen molar-refractivity contribution >= 4 is 44.1 Å². The molecule has 0 bridgehead atoms. The average molecular weight is 554 g/mol. The van der Waals surface area contributed by atoms with E-state index in [2.05, 4.69) is 106 Å². The van der Waals surface area contributed by atoms with Crippen LogP contribution >= 0.6 is 0 Å². The monoisotopic (exact) mass is 554 g/mol. The summed E-state index contributed by atoms with van der Waals surface area (Å²) >= 11 is 0.132. The molecule has 6 heteroatoms. The second-order valence-electron chi connectivity index (χ2n) is 9.92. The number of rotatable bonds is 8. The molecule has 35 heavy (non-hydrogen) atoms. The van der Waals surface area contributed by atoms with Crippen LogP contribution in [-0.4, -0.2) is 48.2 Å². The molecule has 4 rings (SSSR count). The van der Waals surface area contributed by atoms with Crippen molar-refractivity contribution in [2.75, 3.05) is 6.61 Å². The first-order valence-corrected chi connectivity index (χ1v) is 15.8. The van der Waals surface area contributed by atoms with Gasteiger partial charge in [-0.25, -0.2) is 0 Å². The standard InChI is InChI=1S/C29H34O4SeSi/c1-22(30)32-28-27(34-24-14-8-5-9-15-24)20-23(33-28)21-31-35(29(2,3)4,25-16-10-6-11-17-25)26-18-12-7-13-19-26/h5-19,23,27-28H,20-21H2,1-4H3/t23-,27+,28?/m0/s1. The number of carbonyl (C=O) groups is 1. The Hall–Kier alpha value is -2.21. The van der Waals surface area contributed by atoms with Crippen molar-refractivity contribution < 1.29 is 18.7 Å². The fourth-order valence-electron chi connectivity index (χ4n) is 4.83. The molecule has 4 nitrogen and oxygen atoms in total. The summed E-state index contributed by atoms with van der Waals surface area (Å²) in [4.78, 5) is 12.0. The number of hydrogen-bond donors (Lipinski definition) is 0. The molecule has 0 N–H and O–H groups in total. The van der Waals surface area contributed by atoms with Crippen molar-refractivity contribution in [3.8, 4) is 0 Å². The van der Waals surface area contributed by atoms with E-state index < -0.39 is 14.6 Å². The van der Waals surface area contributed by atoms with Gasteiger partial charge in [-0.15, -0.1) is 0 Å². The van der Waals surface area contributed by atoms with Crippen LogP contribution in [0.15, 0.2) is 91.0 Å². The Morgan fingerprint density at radius 2 is 1.43 bits per heavy atom. The van der Waals surface area contributed by atoms with Crippen LogP contribution in [0.4, 0.5) is 0 Å². The number of benzene rings is 3. The maximum atomic E-state index is 11.8. The molecule has 3 aromatic carbocycles. The molecular formula is C29H34O4SeSi. The van der Waals surface area contributed by atoms with Crippen LogP contribution in [-0.2, 0) is 18.7 Å². The van der Waals surface area contributed by atoms with Crippen LogP contribution in [0.2, 0.25) is 9.85 Å². The van der Waals surface area contributed by atoms with Crippen molar-refractivity contribution in [1.29, 1.82) is 0 Å². The van der Waals surface area contributed by atoms with Gasteiger partial charge in [0.15, 0.2) is 0 Å². The molecule has 3 aromatic rings. The Balaban J connectivity index is 1.60. The van der Waals surface area contributed by atoms with E-state index in [1.54, 1.807) is 0 Å². The zero-order valence-corrected chi connectivity index (χ0v) is 23.6. The summed E-state index contributed by atoms with van der Waals surface area (Å²) in [5, 5.41) is 2.40. The Bertz CT molecular complexity index is 1050. The maximum absolute atomic E-state index is 11.8. The van der Waals surface area contributed by atoms with E-state index in [9.17, 15) is 4.79 Å². The number of hydrogen-bond acceptors (Lipinski definition) is 4. The summed E-state index contributed by atoms with van der Waals surface area (Å²) in [5.41, 5.74) is 0. The van der Waals surface area contributed by atoms with Crippen LogP contribution in [0.1, 0.15) is 34.1 Å².